The highest BCUT2D eigenvalue weighted by atomic mass is 32.2. The van der Waals surface area contributed by atoms with Crippen LogP contribution in [0.25, 0.3) is 0 Å². The molecule has 1 heterocycles. The van der Waals surface area contributed by atoms with Gasteiger partial charge in [0, 0.05) is 13.1 Å². The van der Waals surface area contributed by atoms with Crippen LogP contribution in [0.2, 0.25) is 0 Å². The quantitative estimate of drug-likeness (QED) is 0.819. The molecular weight excluding hydrogens is 311 g/mol. The molecule has 1 rings (SSSR count). The van der Waals surface area contributed by atoms with Gasteiger partial charge in [-0.2, -0.15) is 13.2 Å². The molecule has 1 amide bonds. The van der Waals surface area contributed by atoms with Crippen LogP contribution in [0, 0.1) is 0 Å². The molecule has 0 bridgehead atoms. The summed E-state index contributed by atoms with van der Waals surface area (Å²) >= 11 is 0. The van der Waals surface area contributed by atoms with E-state index in [1.807, 2.05) is 0 Å². The van der Waals surface area contributed by atoms with E-state index in [4.69, 9.17) is 0 Å². The third-order valence-corrected chi connectivity index (χ3v) is 5.12. The molecule has 1 N–H and O–H groups in total. The zero-order chi connectivity index (χ0) is 16.3. The summed E-state index contributed by atoms with van der Waals surface area (Å²) in [5.41, 5.74) is -1.04. The SMILES string of the molecule is CCC1(O)CCCN(C(=O)CS(=O)(=O)CCC(F)(F)F)C1. The summed E-state index contributed by atoms with van der Waals surface area (Å²) < 4.78 is 59.2. The van der Waals surface area contributed by atoms with E-state index in [1.54, 1.807) is 6.92 Å². The first-order chi connectivity index (χ1) is 9.46. The van der Waals surface area contributed by atoms with Crippen LogP contribution in [0.15, 0.2) is 0 Å². The van der Waals surface area contributed by atoms with Crippen LogP contribution >= 0.6 is 0 Å². The number of halogens is 3. The van der Waals surface area contributed by atoms with Crippen LogP contribution in [-0.2, 0) is 14.6 Å². The van der Waals surface area contributed by atoms with Crippen molar-refractivity contribution in [1.82, 2.24) is 4.90 Å². The van der Waals surface area contributed by atoms with Gasteiger partial charge in [-0.3, -0.25) is 4.79 Å². The maximum atomic E-state index is 12.0. The highest BCUT2D eigenvalue weighted by Crippen LogP contribution is 2.25. The molecule has 9 heteroatoms. The van der Waals surface area contributed by atoms with E-state index in [0.29, 0.717) is 25.8 Å². The number of rotatable bonds is 5. The maximum Gasteiger partial charge on any atom is 0.390 e. The standard InChI is InChI=1S/C12H20F3NO4S/c1-2-11(18)4-3-6-16(9-11)10(17)8-21(19,20)7-5-12(13,14)15/h18H,2-9H2,1H3. The molecule has 0 saturated carbocycles. The van der Waals surface area contributed by atoms with Gasteiger partial charge < -0.3 is 10.0 Å². The first-order valence-electron chi connectivity index (χ1n) is 6.74. The average molecular weight is 331 g/mol. The van der Waals surface area contributed by atoms with E-state index < -0.39 is 45.4 Å². The van der Waals surface area contributed by atoms with Crippen LogP contribution in [-0.4, -0.2) is 60.7 Å². The molecule has 1 fully saturated rings. The molecule has 0 aromatic heterocycles. The fraction of sp³-hybridized carbons (Fsp3) is 0.917. The van der Waals surface area contributed by atoms with Crippen molar-refractivity contribution >= 4 is 15.7 Å². The number of carbonyl (C=O) groups is 1. The van der Waals surface area contributed by atoms with Crippen molar-refractivity contribution in [2.24, 2.45) is 0 Å². The molecule has 21 heavy (non-hydrogen) atoms. The van der Waals surface area contributed by atoms with Crippen molar-refractivity contribution in [2.45, 2.75) is 44.4 Å². The van der Waals surface area contributed by atoms with Crippen LogP contribution in [0.4, 0.5) is 13.2 Å². The topological polar surface area (TPSA) is 74.7 Å². The van der Waals surface area contributed by atoms with Gasteiger partial charge in [-0.05, 0) is 19.3 Å². The van der Waals surface area contributed by atoms with Gasteiger partial charge in [0.25, 0.3) is 0 Å². The fourth-order valence-corrected chi connectivity index (χ4v) is 3.48. The molecule has 0 aromatic rings. The van der Waals surface area contributed by atoms with E-state index in [9.17, 15) is 31.5 Å². The van der Waals surface area contributed by atoms with E-state index in [0.717, 1.165) is 0 Å². The second-order valence-corrected chi connectivity index (χ2v) is 7.64. The number of carbonyl (C=O) groups excluding carboxylic acids is 1. The molecule has 0 radical (unpaired) electrons. The minimum Gasteiger partial charge on any atom is -0.388 e. The zero-order valence-electron chi connectivity index (χ0n) is 11.8. The number of β-amino-alcohol motifs (C(OH)–C–C–N with tert-alkyl or cyclic N) is 1. The minimum atomic E-state index is -4.57. The van der Waals surface area contributed by atoms with E-state index in [-0.39, 0.29) is 6.54 Å². The Morgan fingerprint density at radius 1 is 1.38 bits per heavy atom. The first kappa shape index (κ1) is 18.2. The number of piperidine rings is 1. The van der Waals surface area contributed by atoms with E-state index in [1.165, 1.54) is 4.90 Å². The third kappa shape index (κ3) is 6.21. The molecule has 0 spiro atoms. The lowest BCUT2D eigenvalue weighted by molar-refractivity contribution is -0.136. The largest absolute Gasteiger partial charge is 0.390 e. The number of sulfone groups is 1. The lowest BCUT2D eigenvalue weighted by Gasteiger charge is -2.38. The van der Waals surface area contributed by atoms with Crippen LogP contribution in [0.1, 0.15) is 32.6 Å². The summed E-state index contributed by atoms with van der Waals surface area (Å²) in [4.78, 5) is 13.1. The molecular formula is C12H20F3NO4S. The van der Waals surface area contributed by atoms with Gasteiger partial charge in [0.05, 0.1) is 17.8 Å². The number of hydrogen-bond donors (Lipinski definition) is 1. The summed E-state index contributed by atoms with van der Waals surface area (Å²) in [6.07, 6.45) is -4.53. The van der Waals surface area contributed by atoms with Gasteiger partial charge in [-0.1, -0.05) is 6.92 Å². The molecule has 124 valence electrons. The predicted octanol–water partition coefficient (Wildman–Crippen LogP) is 1.12. The Morgan fingerprint density at radius 3 is 2.52 bits per heavy atom. The normalized spacial score (nSPS) is 24.1. The monoisotopic (exact) mass is 331 g/mol. The van der Waals surface area contributed by atoms with Crippen molar-refractivity contribution < 1.29 is 31.5 Å². The van der Waals surface area contributed by atoms with Gasteiger partial charge >= 0.3 is 6.18 Å². The molecule has 1 atom stereocenters. The Labute approximate surface area is 122 Å². The Balaban J connectivity index is 2.60. The van der Waals surface area contributed by atoms with Crippen LogP contribution in [0.3, 0.4) is 0 Å². The lowest BCUT2D eigenvalue weighted by Crippen LogP contribution is -2.51. The van der Waals surface area contributed by atoms with Crippen LogP contribution in [0.5, 0.6) is 0 Å². The summed E-state index contributed by atoms with van der Waals surface area (Å²) in [5.74, 6) is -2.78. The highest BCUT2D eigenvalue weighted by molar-refractivity contribution is 7.92. The molecule has 1 aliphatic heterocycles. The van der Waals surface area contributed by atoms with Crippen molar-refractivity contribution in [1.29, 1.82) is 0 Å². The average Bonchev–Trinajstić information content (AvgIpc) is 2.35. The maximum absolute atomic E-state index is 12.0. The number of aliphatic hydroxyl groups is 1. The minimum absolute atomic E-state index is 0.0249. The summed E-state index contributed by atoms with van der Waals surface area (Å²) in [5, 5.41) is 10.1. The van der Waals surface area contributed by atoms with Crippen LogP contribution < -0.4 is 0 Å². The Bertz CT molecular complexity index is 477. The number of alkyl halides is 3. The van der Waals surface area contributed by atoms with Gasteiger partial charge in [-0.25, -0.2) is 8.42 Å². The molecule has 1 saturated heterocycles. The van der Waals surface area contributed by atoms with Crippen molar-refractivity contribution in [3.8, 4) is 0 Å². The number of hydrogen-bond acceptors (Lipinski definition) is 4. The second kappa shape index (κ2) is 6.51. The second-order valence-electron chi connectivity index (χ2n) is 5.45. The lowest BCUT2D eigenvalue weighted by atomic mass is 9.90. The fourth-order valence-electron chi connectivity index (χ4n) is 2.24. The van der Waals surface area contributed by atoms with Gasteiger partial charge in [0.15, 0.2) is 9.84 Å². The molecule has 0 aliphatic carbocycles. The molecule has 5 nitrogen and oxygen atoms in total. The van der Waals surface area contributed by atoms with Gasteiger partial charge in [-0.15, -0.1) is 0 Å². The predicted molar refractivity (Wildman–Crippen MR) is 70.4 cm³/mol. The van der Waals surface area contributed by atoms with Gasteiger partial charge in [0.2, 0.25) is 5.91 Å². The van der Waals surface area contributed by atoms with Crippen molar-refractivity contribution in [3.05, 3.63) is 0 Å². The Kier molecular flexibility index (Phi) is 5.65. The van der Waals surface area contributed by atoms with Crippen molar-refractivity contribution in [3.63, 3.8) is 0 Å². The Hall–Kier alpha value is -0.830. The highest BCUT2D eigenvalue weighted by Gasteiger charge is 2.36. The number of likely N-dealkylation sites (tertiary alicyclic amines) is 1. The summed E-state index contributed by atoms with van der Waals surface area (Å²) in [6.45, 7) is 2.10. The van der Waals surface area contributed by atoms with E-state index >= 15 is 0 Å². The molecule has 1 aliphatic rings. The van der Waals surface area contributed by atoms with Gasteiger partial charge in [0.1, 0.15) is 5.75 Å². The Morgan fingerprint density at radius 2 is 2.00 bits per heavy atom. The third-order valence-electron chi connectivity index (χ3n) is 3.61. The smallest absolute Gasteiger partial charge is 0.388 e. The number of amides is 1. The zero-order valence-corrected chi connectivity index (χ0v) is 12.6. The molecule has 0 aromatic carbocycles. The summed E-state index contributed by atoms with van der Waals surface area (Å²) in [6, 6.07) is 0. The molecule has 1 unspecified atom stereocenters. The van der Waals surface area contributed by atoms with Crippen molar-refractivity contribution in [2.75, 3.05) is 24.6 Å². The summed E-state index contributed by atoms with van der Waals surface area (Å²) in [7, 11) is -4.10. The first-order valence-corrected chi connectivity index (χ1v) is 8.56. The number of nitrogens with zero attached hydrogens (tertiary/aromatic N) is 1. The van der Waals surface area contributed by atoms with E-state index in [2.05, 4.69) is 0 Å².